The van der Waals surface area contributed by atoms with E-state index in [4.69, 9.17) is 9.84 Å². The predicted octanol–water partition coefficient (Wildman–Crippen LogP) is 3.15. The molecule has 1 atom stereocenters. The van der Waals surface area contributed by atoms with Gasteiger partial charge in [0.15, 0.2) is 0 Å². The van der Waals surface area contributed by atoms with Crippen LogP contribution in [0.25, 0.3) is 16.2 Å². The number of aromatic nitrogens is 3. The van der Waals surface area contributed by atoms with Crippen LogP contribution in [-0.2, 0) is 4.74 Å². The lowest BCUT2D eigenvalue weighted by atomic mass is 9.97. The minimum Gasteiger partial charge on any atom is -0.379 e. The Morgan fingerprint density at radius 1 is 1.14 bits per heavy atom. The maximum absolute atomic E-state index is 13.1. The average Bonchev–Trinajstić information content (AvgIpc) is 3.29. The lowest BCUT2D eigenvalue weighted by Gasteiger charge is -2.36. The van der Waals surface area contributed by atoms with Gasteiger partial charge in [0.1, 0.15) is 5.82 Å². The molecule has 0 amide bonds. The number of benzene rings is 1. The summed E-state index contributed by atoms with van der Waals surface area (Å²) in [4.78, 5) is 10.5. The normalized spacial score (nSPS) is 21.5. The zero-order chi connectivity index (χ0) is 18.9. The SMILES string of the molecule is Fc1ccc(-c2cn3nc(N4CCCC(CN5CCOCC5)C4)sc3n2)cc1. The van der Waals surface area contributed by atoms with Crippen LogP contribution >= 0.6 is 11.3 Å². The molecule has 2 aromatic heterocycles. The molecular formula is C20H24FN5OS. The van der Waals surface area contributed by atoms with E-state index in [1.54, 1.807) is 23.5 Å². The van der Waals surface area contributed by atoms with Crippen LogP contribution in [0.2, 0.25) is 0 Å². The number of nitrogens with zero attached hydrogens (tertiary/aromatic N) is 5. The first kappa shape index (κ1) is 18.0. The van der Waals surface area contributed by atoms with Crippen molar-refractivity contribution in [1.29, 1.82) is 0 Å². The van der Waals surface area contributed by atoms with Crippen molar-refractivity contribution >= 4 is 21.4 Å². The van der Waals surface area contributed by atoms with Gasteiger partial charge in [0.25, 0.3) is 0 Å². The summed E-state index contributed by atoms with van der Waals surface area (Å²) in [5.41, 5.74) is 1.73. The fourth-order valence-corrected chi connectivity index (χ4v) is 5.03. The third-order valence-corrected chi connectivity index (χ3v) is 6.57. The molecule has 0 aliphatic carbocycles. The highest BCUT2D eigenvalue weighted by molar-refractivity contribution is 7.20. The van der Waals surface area contributed by atoms with E-state index in [1.807, 2.05) is 10.7 Å². The van der Waals surface area contributed by atoms with E-state index in [0.29, 0.717) is 5.92 Å². The number of anilines is 1. The predicted molar refractivity (Wildman–Crippen MR) is 108 cm³/mol. The Morgan fingerprint density at radius 3 is 2.75 bits per heavy atom. The van der Waals surface area contributed by atoms with E-state index < -0.39 is 0 Å². The Hall–Kier alpha value is -2.03. The number of morpholine rings is 1. The molecule has 4 heterocycles. The molecule has 148 valence electrons. The standard InChI is InChI=1S/C20H24FN5OS/c21-17-5-3-16(4-6-17)18-14-26-19(22-18)28-20(23-26)25-7-1-2-15(13-25)12-24-8-10-27-11-9-24/h3-6,14-15H,1-2,7-13H2. The molecule has 8 heteroatoms. The summed E-state index contributed by atoms with van der Waals surface area (Å²) >= 11 is 1.63. The Kier molecular flexibility index (Phi) is 5.00. The monoisotopic (exact) mass is 401 g/mol. The summed E-state index contributed by atoms with van der Waals surface area (Å²) in [5, 5.41) is 5.81. The van der Waals surface area contributed by atoms with Gasteiger partial charge in [0, 0.05) is 38.3 Å². The second-order valence-corrected chi connectivity index (χ2v) is 8.55. The highest BCUT2D eigenvalue weighted by Gasteiger charge is 2.25. The lowest BCUT2D eigenvalue weighted by Crippen LogP contribution is -2.44. The van der Waals surface area contributed by atoms with E-state index in [9.17, 15) is 4.39 Å². The maximum atomic E-state index is 13.1. The van der Waals surface area contributed by atoms with Crippen LogP contribution in [-0.4, -0.2) is 65.4 Å². The molecule has 0 bridgehead atoms. The van der Waals surface area contributed by atoms with Gasteiger partial charge in [-0.2, -0.15) is 0 Å². The molecule has 2 fully saturated rings. The largest absolute Gasteiger partial charge is 0.379 e. The Morgan fingerprint density at radius 2 is 1.96 bits per heavy atom. The summed E-state index contributed by atoms with van der Waals surface area (Å²) in [6.07, 6.45) is 4.42. The fraction of sp³-hybridized carbons (Fsp3) is 0.500. The highest BCUT2D eigenvalue weighted by Crippen LogP contribution is 2.30. The molecule has 1 aromatic carbocycles. The second-order valence-electron chi connectivity index (χ2n) is 7.61. The number of imidazole rings is 1. The van der Waals surface area contributed by atoms with E-state index in [-0.39, 0.29) is 5.82 Å². The Balaban J connectivity index is 1.28. The quantitative estimate of drug-likeness (QED) is 0.672. The number of rotatable bonds is 4. The molecule has 2 aliphatic heterocycles. The van der Waals surface area contributed by atoms with Gasteiger partial charge >= 0.3 is 0 Å². The Bertz CT molecular complexity index is 902. The highest BCUT2D eigenvalue weighted by atomic mass is 32.1. The summed E-state index contributed by atoms with van der Waals surface area (Å²) in [6, 6.07) is 6.43. The number of ether oxygens (including phenoxy) is 1. The van der Waals surface area contributed by atoms with Crippen molar-refractivity contribution in [2.24, 2.45) is 5.92 Å². The first-order valence-electron chi connectivity index (χ1n) is 9.92. The van der Waals surface area contributed by atoms with E-state index >= 15 is 0 Å². The minimum absolute atomic E-state index is 0.234. The van der Waals surface area contributed by atoms with Crippen molar-refractivity contribution in [3.05, 3.63) is 36.3 Å². The summed E-state index contributed by atoms with van der Waals surface area (Å²) in [7, 11) is 0. The van der Waals surface area contributed by atoms with Gasteiger partial charge in [-0.1, -0.05) is 11.3 Å². The molecule has 0 N–H and O–H groups in total. The topological polar surface area (TPSA) is 45.9 Å². The second kappa shape index (κ2) is 7.77. The first-order chi connectivity index (χ1) is 13.7. The molecule has 0 saturated carbocycles. The lowest BCUT2D eigenvalue weighted by molar-refractivity contribution is 0.0296. The average molecular weight is 402 g/mol. The van der Waals surface area contributed by atoms with Gasteiger partial charge in [-0.05, 0) is 43.0 Å². The molecule has 1 unspecified atom stereocenters. The summed E-state index contributed by atoms with van der Waals surface area (Å²) in [5.74, 6) is 0.444. The van der Waals surface area contributed by atoms with Crippen LogP contribution in [0, 0.1) is 11.7 Å². The number of piperidine rings is 1. The minimum atomic E-state index is -0.234. The van der Waals surface area contributed by atoms with Crippen LogP contribution < -0.4 is 4.90 Å². The van der Waals surface area contributed by atoms with Crippen LogP contribution in [0.3, 0.4) is 0 Å². The van der Waals surface area contributed by atoms with E-state index in [1.165, 1.54) is 25.0 Å². The van der Waals surface area contributed by atoms with Crippen molar-refractivity contribution in [2.75, 3.05) is 50.8 Å². The third kappa shape index (κ3) is 3.76. The number of fused-ring (bicyclic) bond motifs is 1. The molecule has 5 rings (SSSR count). The third-order valence-electron chi connectivity index (χ3n) is 5.58. The molecule has 2 aliphatic rings. The maximum Gasteiger partial charge on any atom is 0.214 e. The van der Waals surface area contributed by atoms with Gasteiger partial charge < -0.3 is 9.64 Å². The molecular weight excluding hydrogens is 377 g/mol. The zero-order valence-electron chi connectivity index (χ0n) is 15.8. The van der Waals surface area contributed by atoms with Crippen LogP contribution in [0.5, 0.6) is 0 Å². The molecule has 0 radical (unpaired) electrons. The molecule has 6 nitrogen and oxygen atoms in total. The zero-order valence-corrected chi connectivity index (χ0v) is 16.6. The smallest absolute Gasteiger partial charge is 0.214 e. The molecule has 2 saturated heterocycles. The van der Waals surface area contributed by atoms with Crippen molar-refractivity contribution in [1.82, 2.24) is 19.5 Å². The number of halogens is 1. The molecule has 28 heavy (non-hydrogen) atoms. The van der Waals surface area contributed by atoms with Gasteiger partial charge in [-0.25, -0.2) is 13.9 Å². The van der Waals surface area contributed by atoms with Gasteiger partial charge in [-0.3, -0.25) is 4.90 Å². The van der Waals surface area contributed by atoms with Crippen molar-refractivity contribution in [3.8, 4) is 11.3 Å². The Labute approximate surface area is 167 Å². The number of hydrogen-bond acceptors (Lipinski definition) is 6. The van der Waals surface area contributed by atoms with Crippen molar-refractivity contribution < 1.29 is 9.13 Å². The molecule has 3 aromatic rings. The molecule has 0 spiro atoms. The van der Waals surface area contributed by atoms with Gasteiger partial charge in [0.2, 0.25) is 10.1 Å². The van der Waals surface area contributed by atoms with Crippen LogP contribution in [0.1, 0.15) is 12.8 Å². The van der Waals surface area contributed by atoms with Crippen molar-refractivity contribution in [3.63, 3.8) is 0 Å². The summed E-state index contributed by atoms with van der Waals surface area (Å²) in [6.45, 7) is 7.07. The van der Waals surface area contributed by atoms with E-state index in [0.717, 1.165) is 67.3 Å². The van der Waals surface area contributed by atoms with Gasteiger partial charge in [-0.15, -0.1) is 5.10 Å². The van der Waals surface area contributed by atoms with Crippen LogP contribution in [0.4, 0.5) is 9.52 Å². The summed E-state index contributed by atoms with van der Waals surface area (Å²) < 4.78 is 20.4. The van der Waals surface area contributed by atoms with Crippen LogP contribution in [0.15, 0.2) is 30.5 Å². The number of hydrogen-bond donors (Lipinski definition) is 0. The van der Waals surface area contributed by atoms with Gasteiger partial charge in [0.05, 0.1) is 25.1 Å². The van der Waals surface area contributed by atoms with Crippen molar-refractivity contribution in [2.45, 2.75) is 12.8 Å². The first-order valence-corrected chi connectivity index (χ1v) is 10.7. The van der Waals surface area contributed by atoms with E-state index in [2.05, 4.69) is 14.8 Å². The fourth-order valence-electron chi connectivity index (χ4n) is 4.11.